The second kappa shape index (κ2) is 7.10. The molecule has 1 aromatic rings. The van der Waals surface area contributed by atoms with Crippen LogP contribution in [-0.4, -0.2) is 30.3 Å². The number of carbonyl (C=O) groups excluding carboxylic acids is 1. The van der Waals surface area contributed by atoms with Crippen LogP contribution in [0.3, 0.4) is 0 Å². The van der Waals surface area contributed by atoms with Crippen LogP contribution in [0.25, 0.3) is 0 Å². The van der Waals surface area contributed by atoms with Crippen LogP contribution >= 0.6 is 0 Å². The fourth-order valence-electron chi connectivity index (χ4n) is 1.34. The number of rotatable bonds is 6. The average molecular weight is 276 g/mol. The molecule has 7 heteroatoms. The zero-order valence-corrected chi connectivity index (χ0v) is 10.1. The molecule has 0 aliphatic rings. The molecule has 0 aliphatic carbocycles. The average Bonchev–Trinajstić information content (AvgIpc) is 2.36. The number of nitrogens with one attached hydrogen (secondary N) is 2. The van der Waals surface area contributed by atoms with Crippen molar-refractivity contribution in [3.63, 3.8) is 0 Å². The zero-order valence-electron chi connectivity index (χ0n) is 10.1. The van der Waals surface area contributed by atoms with E-state index in [0.717, 1.165) is 11.1 Å². The van der Waals surface area contributed by atoms with Crippen LogP contribution in [0.5, 0.6) is 0 Å². The van der Waals surface area contributed by atoms with Crippen LogP contribution in [0, 0.1) is 0 Å². The number of alkyl halides is 3. The first-order chi connectivity index (χ1) is 8.90. The van der Waals surface area contributed by atoms with Crippen molar-refractivity contribution in [3.05, 3.63) is 35.4 Å². The largest absolute Gasteiger partial charge is 0.405 e. The van der Waals surface area contributed by atoms with Gasteiger partial charge in [-0.3, -0.25) is 4.79 Å². The predicted octanol–water partition coefficient (Wildman–Crippen LogP) is 0.947. The summed E-state index contributed by atoms with van der Waals surface area (Å²) in [6, 6.07) is 7.01. The normalized spacial score (nSPS) is 11.4. The molecular weight excluding hydrogens is 261 g/mol. The summed E-state index contributed by atoms with van der Waals surface area (Å²) in [5.74, 6) is -0.704. The Morgan fingerprint density at radius 1 is 1.16 bits per heavy atom. The highest BCUT2D eigenvalue weighted by molar-refractivity contribution is 5.77. The van der Waals surface area contributed by atoms with E-state index in [1.807, 2.05) is 0 Å². The van der Waals surface area contributed by atoms with Gasteiger partial charge in [-0.2, -0.15) is 13.2 Å². The van der Waals surface area contributed by atoms with Crippen molar-refractivity contribution in [1.29, 1.82) is 0 Å². The second-order valence-electron chi connectivity index (χ2n) is 3.97. The van der Waals surface area contributed by atoms with Crippen molar-refractivity contribution in [2.45, 2.75) is 19.3 Å². The Kier molecular flexibility index (Phi) is 5.78. The van der Waals surface area contributed by atoms with Gasteiger partial charge >= 0.3 is 6.18 Å². The Hall–Kier alpha value is -1.60. The first kappa shape index (κ1) is 15.5. The zero-order chi connectivity index (χ0) is 14.3. The summed E-state index contributed by atoms with van der Waals surface area (Å²) < 4.78 is 35.5. The van der Waals surface area contributed by atoms with Crippen molar-refractivity contribution in [2.24, 2.45) is 0 Å². The van der Waals surface area contributed by atoms with E-state index < -0.39 is 18.6 Å². The smallest absolute Gasteiger partial charge is 0.392 e. The molecule has 0 aliphatic heterocycles. The molecule has 0 fully saturated rings. The first-order valence-corrected chi connectivity index (χ1v) is 5.63. The van der Waals surface area contributed by atoms with Crippen molar-refractivity contribution in [2.75, 3.05) is 13.1 Å². The van der Waals surface area contributed by atoms with Gasteiger partial charge in [-0.1, -0.05) is 24.3 Å². The summed E-state index contributed by atoms with van der Waals surface area (Å²) in [6.45, 7) is -1.19. The highest BCUT2D eigenvalue weighted by Crippen LogP contribution is 2.11. The minimum absolute atomic E-state index is 0.0481. The van der Waals surface area contributed by atoms with Crippen molar-refractivity contribution < 1.29 is 23.1 Å². The number of halogens is 3. The number of amides is 1. The minimum atomic E-state index is -4.39. The standard InChI is InChI=1S/C12H15F3N2O2/c13-12(14,15)8-17-11(19)6-16-5-9-1-3-10(7-18)4-2-9/h1-4,16,18H,5-8H2,(H,17,19). The Balaban J connectivity index is 2.24. The number of aliphatic hydroxyl groups excluding tert-OH is 1. The summed E-state index contributed by atoms with van der Waals surface area (Å²) in [5.41, 5.74) is 1.65. The SMILES string of the molecule is O=C(CNCc1ccc(CO)cc1)NCC(F)(F)F. The summed E-state index contributed by atoms with van der Waals surface area (Å²) in [7, 11) is 0. The van der Waals surface area contributed by atoms with E-state index in [-0.39, 0.29) is 13.2 Å². The third kappa shape index (κ3) is 6.78. The third-order valence-electron chi connectivity index (χ3n) is 2.31. The molecule has 4 nitrogen and oxygen atoms in total. The molecule has 0 aromatic heterocycles. The molecule has 0 saturated carbocycles. The van der Waals surface area contributed by atoms with E-state index in [9.17, 15) is 18.0 Å². The van der Waals surface area contributed by atoms with Gasteiger partial charge < -0.3 is 15.7 Å². The van der Waals surface area contributed by atoms with Crippen molar-refractivity contribution >= 4 is 5.91 Å². The van der Waals surface area contributed by atoms with E-state index in [1.165, 1.54) is 0 Å². The van der Waals surface area contributed by atoms with Gasteiger partial charge in [-0.05, 0) is 11.1 Å². The monoisotopic (exact) mass is 276 g/mol. The number of hydrogen-bond donors (Lipinski definition) is 3. The fourth-order valence-corrected chi connectivity index (χ4v) is 1.34. The maximum atomic E-state index is 11.8. The van der Waals surface area contributed by atoms with Crippen LogP contribution in [0.2, 0.25) is 0 Å². The quantitative estimate of drug-likeness (QED) is 0.725. The first-order valence-electron chi connectivity index (χ1n) is 5.63. The number of aliphatic hydroxyl groups is 1. The van der Waals surface area contributed by atoms with E-state index in [4.69, 9.17) is 5.11 Å². The molecule has 0 spiro atoms. The lowest BCUT2D eigenvalue weighted by Crippen LogP contribution is -2.39. The van der Waals surface area contributed by atoms with Crippen LogP contribution in [0.4, 0.5) is 13.2 Å². The van der Waals surface area contributed by atoms with E-state index >= 15 is 0 Å². The van der Waals surface area contributed by atoms with Gasteiger partial charge in [0.05, 0.1) is 13.2 Å². The minimum Gasteiger partial charge on any atom is -0.392 e. The van der Waals surface area contributed by atoms with Crippen molar-refractivity contribution in [1.82, 2.24) is 10.6 Å². The molecule has 1 aromatic carbocycles. The molecule has 0 heterocycles. The molecule has 0 unspecified atom stereocenters. The molecule has 1 rings (SSSR count). The van der Waals surface area contributed by atoms with E-state index in [1.54, 1.807) is 29.6 Å². The fraction of sp³-hybridized carbons (Fsp3) is 0.417. The van der Waals surface area contributed by atoms with Crippen molar-refractivity contribution in [3.8, 4) is 0 Å². The van der Waals surface area contributed by atoms with Crippen LogP contribution in [0.15, 0.2) is 24.3 Å². The Morgan fingerprint density at radius 3 is 2.26 bits per heavy atom. The molecule has 1 amide bonds. The predicted molar refractivity (Wildman–Crippen MR) is 63.1 cm³/mol. The van der Waals surface area contributed by atoms with E-state index in [2.05, 4.69) is 5.32 Å². The topological polar surface area (TPSA) is 61.4 Å². The molecule has 0 atom stereocenters. The maximum absolute atomic E-state index is 11.8. The summed E-state index contributed by atoms with van der Waals surface area (Å²) in [4.78, 5) is 11.1. The second-order valence-corrected chi connectivity index (χ2v) is 3.97. The summed E-state index contributed by atoms with van der Waals surface area (Å²) in [6.07, 6.45) is -4.39. The highest BCUT2D eigenvalue weighted by atomic mass is 19.4. The van der Waals surface area contributed by atoms with Gasteiger partial charge in [0.2, 0.25) is 5.91 Å². The lowest BCUT2D eigenvalue weighted by atomic mass is 10.1. The number of hydrogen-bond acceptors (Lipinski definition) is 3. The lowest BCUT2D eigenvalue weighted by molar-refractivity contribution is -0.137. The summed E-state index contributed by atoms with van der Waals surface area (Å²) >= 11 is 0. The molecule has 0 radical (unpaired) electrons. The summed E-state index contributed by atoms with van der Waals surface area (Å²) in [5, 5.41) is 13.3. The maximum Gasteiger partial charge on any atom is 0.405 e. The van der Waals surface area contributed by atoms with E-state index in [0.29, 0.717) is 6.54 Å². The molecule has 0 saturated heterocycles. The Labute approximate surface area is 108 Å². The van der Waals surface area contributed by atoms with Crippen LogP contribution in [0.1, 0.15) is 11.1 Å². The molecule has 3 N–H and O–H groups in total. The van der Waals surface area contributed by atoms with Gasteiger partial charge in [0.15, 0.2) is 0 Å². The molecular formula is C12H15F3N2O2. The van der Waals surface area contributed by atoms with Crippen LogP contribution in [-0.2, 0) is 17.9 Å². The van der Waals surface area contributed by atoms with Gasteiger partial charge in [0.25, 0.3) is 0 Å². The number of benzene rings is 1. The van der Waals surface area contributed by atoms with Gasteiger partial charge in [0, 0.05) is 6.54 Å². The Bertz CT molecular complexity index is 404. The van der Waals surface area contributed by atoms with Gasteiger partial charge in [-0.25, -0.2) is 0 Å². The lowest BCUT2D eigenvalue weighted by Gasteiger charge is -2.09. The number of carbonyl (C=O) groups is 1. The molecule has 106 valence electrons. The van der Waals surface area contributed by atoms with Gasteiger partial charge in [0.1, 0.15) is 6.54 Å². The Morgan fingerprint density at radius 2 is 1.74 bits per heavy atom. The third-order valence-corrected chi connectivity index (χ3v) is 2.31. The molecule has 19 heavy (non-hydrogen) atoms. The van der Waals surface area contributed by atoms with Gasteiger partial charge in [-0.15, -0.1) is 0 Å². The highest BCUT2D eigenvalue weighted by Gasteiger charge is 2.27. The molecule has 0 bridgehead atoms. The van der Waals surface area contributed by atoms with Crippen LogP contribution < -0.4 is 10.6 Å².